The van der Waals surface area contributed by atoms with Gasteiger partial charge in [-0.2, -0.15) is 0 Å². The van der Waals surface area contributed by atoms with Crippen LogP contribution >= 0.6 is 0 Å². The summed E-state index contributed by atoms with van der Waals surface area (Å²) in [5.41, 5.74) is 1.09. The Morgan fingerprint density at radius 3 is 2.40 bits per heavy atom. The Bertz CT molecular complexity index is 648. The Morgan fingerprint density at radius 1 is 1.12 bits per heavy atom. The Morgan fingerprint density at radius 2 is 1.80 bits per heavy atom. The van der Waals surface area contributed by atoms with Crippen molar-refractivity contribution in [1.29, 1.82) is 0 Å². The van der Waals surface area contributed by atoms with E-state index in [-0.39, 0.29) is 18.9 Å². The van der Waals surface area contributed by atoms with Crippen molar-refractivity contribution < 1.29 is 19.9 Å². The normalized spacial score (nSPS) is 12.1. The fraction of sp³-hybridized carbons (Fsp3) is 0.333. The van der Waals surface area contributed by atoms with Crippen LogP contribution in [0.3, 0.4) is 0 Å². The molecule has 0 amide bonds. The zero-order valence-electron chi connectivity index (χ0n) is 13.8. The van der Waals surface area contributed by atoms with Gasteiger partial charge >= 0.3 is 0 Å². The number of rotatable bonds is 10. The van der Waals surface area contributed by atoms with Crippen molar-refractivity contribution in [3.05, 3.63) is 70.3 Å². The molecule has 0 aromatic heterocycles. The molecule has 2 aromatic rings. The number of aliphatic hydroxyl groups excluding tert-OH is 2. The number of hydrogen-bond donors (Lipinski definition) is 2. The van der Waals surface area contributed by atoms with Crippen molar-refractivity contribution in [2.45, 2.75) is 12.6 Å². The second kappa shape index (κ2) is 9.73. The first-order valence-corrected chi connectivity index (χ1v) is 8.01. The highest BCUT2D eigenvalue weighted by Crippen LogP contribution is 2.17. The second-order valence-electron chi connectivity index (χ2n) is 5.66. The molecule has 2 aromatic carbocycles. The van der Waals surface area contributed by atoms with Gasteiger partial charge in [0.2, 0.25) is 0 Å². The highest BCUT2D eigenvalue weighted by atomic mass is 16.6. The Hall–Kier alpha value is -2.48. The first-order chi connectivity index (χ1) is 12.1. The molecule has 0 unspecified atom stereocenters. The van der Waals surface area contributed by atoms with Crippen molar-refractivity contribution in [3.63, 3.8) is 0 Å². The Balaban J connectivity index is 1.83. The van der Waals surface area contributed by atoms with E-state index >= 15 is 0 Å². The molecule has 2 rings (SSSR count). The molecule has 2 N–H and O–H groups in total. The molecule has 25 heavy (non-hydrogen) atoms. The zero-order valence-corrected chi connectivity index (χ0v) is 13.8. The van der Waals surface area contributed by atoms with Crippen LogP contribution in [0.2, 0.25) is 0 Å². The van der Waals surface area contributed by atoms with E-state index in [1.165, 1.54) is 24.3 Å². The minimum absolute atomic E-state index is 0.00274. The second-order valence-corrected chi connectivity index (χ2v) is 5.66. The summed E-state index contributed by atoms with van der Waals surface area (Å²) >= 11 is 0. The summed E-state index contributed by atoms with van der Waals surface area (Å²) in [6.45, 7) is 1.49. The lowest BCUT2D eigenvalue weighted by Gasteiger charge is -2.24. The maximum atomic E-state index is 10.6. The lowest BCUT2D eigenvalue weighted by molar-refractivity contribution is -0.384. The average Bonchev–Trinajstić information content (AvgIpc) is 2.61. The lowest BCUT2D eigenvalue weighted by Crippen LogP contribution is -2.37. The van der Waals surface area contributed by atoms with E-state index in [4.69, 9.17) is 4.74 Å². The Kier molecular flexibility index (Phi) is 7.34. The minimum atomic E-state index is -0.745. The minimum Gasteiger partial charge on any atom is -0.491 e. The largest absolute Gasteiger partial charge is 0.491 e. The maximum Gasteiger partial charge on any atom is 0.269 e. The number of ether oxygens (including phenoxy) is 1. The van der Waals surface area contributed by atoms with E-state index in [1.54, 1.807) is 0 Å². The molecule has 134 valence electrons. The third-order valence-corrected chi connectivity index (χ3v) is 3.62. The fourth-order valence-electron chi connectivity index (χ4n) is 2.43. The van der Waals surface area contributed by atoms with Gasteiger partial charge in [-0.15, -0.1) is 0 Å². The number of benzene rings is 2. The van der Waals surface area contributed by atoms with Crippen LogP contribution in [-0.2, 0) is 6.54 Å². The summed E-state index contributed by atoms with van der Waals surface area (Å²) < 4.78 is 5.47. The summed E-state index contributed by atoms with van der Waals surface area (Å²) in [4.78, 5) is 12.1. The molecule has 0 saturated heterocycles. The van der Waals surface area contributed by atoms with Crippen molar-refractivity contribution in [2.75, 3.05) is 26.3 Å². The van der Waals surface area contributed by atoms with Gasteiger partial charge in [0.15, 0.2) is 0 Å². The quantitative estimate of drug-likeness (QED) is 0.503. The molecule has 0 bridgehead atoms. The number of aliphatic hydroxyl groups is 2. The van der Waals surface area contributed by atoms with E-state index in [9.17, 15) is 20.3 Å². The summed E-state index contributed by atoms with van der Waals surface area (Å²) in [5.74, 6) is 0.460. The molecule has 1 atom stereocenters. The molecule has 7 nitrogen and oxygen atoms in total. The predicted molar refractivity (Wildman–Crippen MR) is 93.4 cm³/mol. The van der Waals surface area contributed by atoms with Gasteiger partial charge in [0.05, 0.1) is 11.5 Å². The first-order valence-electron chi connectivity index (χ1n) is 8.01. The van der Waals surface area contributed by atoms with Crippen LogP contribution in [0.4, 0.5) is 5.69 Å². The highest BCUT2D eigenvalue weighted by molar-refractivity contribution is 5.35. The van der Waals surface area contributed by atoms with E-state index in [1.807, 2.05) is 35.2 Å². The van der Waals surface area contributed by atoms with E-state index < -0.39 is 11.0 Å². The Labute approximate surface area is 146 Å². The highest BCUT2D eigenvalue weighted by Gasteiger charge is 2.13. The summed E-state index contributed by atoms with van der Waals surface area (Å²) in [6, 6.07) is 15.5. The molecule has 0 aliphatic heterocycles. The number of hydrogen-bond acceptors (Lipinski definition) is 6. The maximum absolute atomic E-state index is 10.6. The van der Waals surface area contributed by atoms with Crippen LogP contribution in [0.15, 0.2) is 54.6 Å². The van der Waals surface area contributed by atoms with Gasteiger partial charge in [-0.3, -0.25) is 15.0 Å². The van der Waals surface area contributed by atoms with Gasteiger partial charge in [-0.25, -0.2) is 0 Å². The molecule has 0 fully saturated rings. The average molecular weight is 346 g/mol. The van der Waals surface area contributed by atoms with Crippen LogP contribution in [0.25, 0.3) is 0 Å². The molecular formula is C18H22N2O5. The molecule has 0 radical (unpaired) electrons. The van der Waals surface area contributed by atoms with E-state index in [2.05, 4.69) is 0 Å². The van der Waals surface area contributed by atoms with Gasteiger partial charge in [-0.05, 0) is 17.7 Å². The molecule has 7 heteroatoms. The fourth-order valence-corrected chi connectivity index (χ4v) is 2.43. The SMILES string of the molecule is O=[N+]([O-])c1ccc(OC[C@@H](O)CN(CCO)Cc2ccccc2)cc1. The van der Waals surface area contributed by atoms with Crippen LogP contribution < -0.4 is 4.74 Å². The monoisotopic (exact) mass is 346 g/mol. The van der Waals surface area contributed by atoms with Gasteiger partial charge in [0, 0.05) is 31.8 Å². The van der Waals surface area contributed by atoms with Crippen LogP contribution in [0, 0.1) is 10.1 Å². The van der Waals surface area contributed by atoms with Crippen LogP contribution in [0.1, 0.15) is 5.56 Å². The summed E-state index contributed by atoms with van der Waals surface area (Å²) in [6.07, 6.45) is -0.745. The smallest absolute Gasteiger partial charge is 0.269 e. The zero-order chi connectivity index (χ0) is 18.1. The standard InChI is InChI=1S/C18H22N2O5/c21-11-10-19(12-15-4-2-1-3-5-15)13-17(22)14-25-18-8-6-16(7-9-18)20(23)24/h1-9,17,21-22H,10-14H2/t17-/m0/s1. The number of nitro benzene ring substituents is 1. The lowest BCUT2D eigenvalue weighted by atomic mass is 10.2. The third kappa shape index (κ3) is 6.50. The van der Waals surface area contributed by atoms with Crippen molar-refractivity contribution in [3.8, 4) is 5.75 Å². The number of nitro groups is 1. The van der Waals surface area contributed by atoms with Crippen LogP contribution in [-0.4, -0.2) is 52.4 Å². The van der Waals surface area contributed by atoms with Gasteiger partial charge in [0.1, 0.15) is 18.5 Å². The summed E-state index contributed by atoms with van der Waals surface area (Å²) in [7, 11) is 0. The number of non-ortho nitro benzene ring substituents is 1. The molecule has 0 aliphatic carbocycles. The summed E-state index contributed by atoms with van der Waals surface area (Å²) in [5, 5.41) is 30.0. The van der Waals surface area contributed by atoms with Crippen molar-refractivity contribution in [2.24, 2.45) is 0 Å². The van der Waals surface area contributed by atoms with E-state index in [0.717, 1.165) is 5.56 Å². The van der Waals surface area contributed by atoms with E-state index in [0.29, 0.717) is 25.4 Å². The topological polar surface area (TPSA) is 96.1 Å². The molecule has 0 heterocycles. The molecule has 0 saturated carbocycles. The third-order valence-electron chi connectivity index (χ3n) is 3.62. The first kappa shape index (κ1) is 18.9. The molecule has 0 spiro atoms. The van der Waals surface area contributed by atoms with Gasteiger partial charge in [-0.1, -0.05) is 30.3 Å². The van der Waals surface area contributed by atoms with Gasteiger partial charge < -0.3 is 14.9 Å². The van der Waals surface area contributed by atoms with Gasteiger partial charge in [0.25, 0.3) is 5.69 Å². The van der Waals surface area contributed by atoms with Crippen molar-refractivity contribution >= 4 is 5.69 Å². The molecule has 0 aliphatic rings. The van der Waals surface area contributed by atoms with Crippen LogP contribution in [0.5, 0.6) is 5.75 Å². The predicted octanol–water partition coefficient (Wildman–Crippen LogP) is 1.83. The van der Waals surface area contributed by atoms with Crippen molar-refractivity contribution in [1.82, 2.24) is 4.90 Å². The number of nitrogens with zero attached hydrogens (tertiary/aromatic N) is 2. The molecular weight excluding hydrogens is 324 g/mol.